The van der Waals surface area contributed by atoms with Gasteiger partial charge in [-0.15, -0.1) is 11.3 Å². The van der Waals surface area contributed by atoms with E-state index in [1.807, 2.05) is 24.3 Å². The van der Waals surface area contributed by atoms with Gasteiger partial charge >= 0.3 is 0 Å². The lowest BCUT2D eigenvalue weighted by Gasteiger charge is -2.07. The van der Waals surface area contributed by atoms with E-state index in [0.717, 1.165) is 23.1 Å². The SMILES string of the molecule is CC(C)CCOCCNC(=O)c1sc2ccccc2c1N. The minimum absolute atomic E-state index is 0.124. The second-order valence-electron chi connectivity index (χ2n) is 5.39. The predicted molar refractivity (Wildman–Crippen MR) is 88.8 cm³/mol. The molecule has 5 heteroatoms. The molecule has 0 spiro atoms. The number of amides is 1. The summed E-state index contributed by atoms with van der Waals surface area (Å²) >= 11 is 1.43. The molecule has 21 heavy (non-hydrogen) atoms. The zero-order chi connectivity index (χ0) is 15.2. The van der Waals surface area contributed by atoms with Crippen LogP contribution in [0.15, 0.2) is 24.3 Å². The number of benzene rings is 1. The van der Waals surface area contributed by atoms with Crippen molar-refractivity contribution in [3.05, 3.63) is 29.1 Å². The van der Waals surface area contributed by atoms with E-state index in [2.05, 4.69) is 19.2 Å². The Kier molecular flexibility index (Phi) is 5.59. The van der Waals surface area contributed by atoms with Gasteiger partial charge in [-0.25, -0.2) is 0 Å². The van der Waals surface area contributed by atoms with Gasteiger partial charge in [0.15, 0.2) is 0 Å². The molecule has 0 aliphatic heterocycles. The third kappa shape index (κ3) is 4.19. The van der Waals surface area contributed by atoms with E-state index in [1.54, 1.807) is 0 Å². The van der Waals surface area contributed by atoms with E-state index in [-0.39, 0.29) is 5.91 Å². The summed E-state index contributed by atoms with van der Waals surface area (Å²) in [6.45, 7) is 6.09. The Balaban J connectivity index is 1.84. The molecule has 1 aromatic carbocycles. The zero-order valence-corrected chi connectivity index (χ0v) is 13.3. The number of anilines is 1. The van der Waals surface area contributed by atoms with Crippen molar-refractivity contribution < 1.29 is 9.53 Å². The van der Waals surface area contributed by atoms with Crippen molar-refractivity contribution in [2.45, 2.75) is 20.3 Å². The summed E-state index contributed by atoms with van der Waals surface area (Å²) in [5.41, 5.74) is 6.61. The molecule has 4 nitrogen and oxygen atoms in total. The monoisotopic (exact) mass is 306 g/mol. The number of nitrogen functional groups attached to an aromatic ring is 1. The molecule has 0 atom stereocenters. The molecule has 0 aliphatic carbocycles. The maximum Gasteiger partial charge on any atom is 0.263 e. The maximum absolute atomic E-state index is 12.1. The standard InChI is InChI=1S/C16H22N2O2S/c1-11(2)7-9-20-10-8-18-16(19)15-14(17)12-5-3-4-6-13(12)21-15/h3-6,11H,7-10,17H2,1-2H3,(H,18,19). The van der Waals surface area contributed by atoms with Crippen LogP contribution in [0.5, 0.6) is 0 Å². The molecule has 0 radical (unpaired) electrons. The molecule has 2 aromatic rings. The van der Waals surface area contributed by atoms with Crippen LogP contribution in [0.25, 0.3) is 10.1 Å². The molecule has 0 fully saturated rings. The molecule has 0 saturated heterocycles. The fraction of sp³-hybridized carbons (Fsp3) is 0.438. The Morgan fingerprint density at radius 2 is 2.10 bits per heavy atom. The minimum atomic E-state index is -0.124. The Morgan fingerprint density at radius 1 is 1.33 bits per heavy atom. The molecule has 2 rings (SSSR count). The number of nitrogens with one attached hydrogen (secondary N) is 1. The van der Waals surface area contributed by atoms with Crippen LogP contribution in [0.1, 0.15) is 29.9 Å². The number of carbonyl (C=O) groups is 1. The minimum Gasteiger partial charge on any atom is -0.397 e. The Bertz CT molecular complexity index is 607. The normalized spacial score (nSPS) is 11.2. The number of thiophene rings is 1. The molecular weight excluding hydrogens is 284 g/mol. The van der Waals surface area contributed by atoms with Gasteiger partial charge in [0.25, 0.3) is 5.91 Å². The number of carbonyl (C=O) groups excluding carboxylic acids is 1. The van der Waals surface area contributed by atoms with Crippen LogP contribution in [0.2, 0.25) is 0 Å². The van der Waals surface area contributed by atoms with Crippen molar-refractivity contribution in [1.29, 1.82) is 0 Å². The van der Waals surface area contributed by atoms with Crippen LogP contribution in [-0.4, -0.2) is 25.7 Å². The van der Waals surface area contributed by atoms with Gasteiger partial charge in [0.1, 0.15) is 4.88 Å². The van der Waals surface area contributed by atoms with Gasteiger partial charge in [-0.3, -0.25) is 4.79 Å². The lowest BCUT2D eigenvalue weighted by atomic mass is 10.1. The van der Waals surface area contributed by atoms with Gasteiger partial charge < -0.3 is 15.8 Å². The molecule has 3 N–H and O–H groups in total. The lowest BCUT2D eigenvalue weighted by Crippen LogP contribution is -2.27. The van der Waals surface area contributed by atoms with Crippen molar-refractivity contribution >= 4 is 33.0 Å². The number of rotatable bonds is 7. The summed E-state index contributed by atoms with van der Waals surface area (Å²) in [5, 5.41) is 3.80. The van der Waals surface area contributed by atoms with Crippen LogP contribution in [0.3, 0.4) is 0 Å². The van der Waals surface area contributed by atoms with E-state index >= 15 is 0 Å². The maximum atomic E-state index is 12.1. The third-order valence-corrected chi connectivity index (χ3v) is 4.40. The van der Waals surface area contributed by atoms with Gasteiger partial charge in [-0.2, -0.15) is 0 Å². The van der Waals surface area contributed by atoms with Crippen LogP contribution >= 0.6 is 11.3 Å². The van der Waals surface area contributed by atoms with Gasteiger partial charge in [-0.1, -0.05) is 32.0 Å². The van der Waals surface area contributed by atoms with Crippen molar-refractivity contribution in [2.75, 3.05) is 25.5 Å². The molecule has 0 aliphatic rings. The van der Waals surface area contributed by atoms with Crippen molar-refractivity contribution in [2.24, 2.45) is 5.92 Å². The first-order valence-corrected chi connectivity index (χ1v) is 8.04. The summed E-state index contributed by atoms with van der Waals surface area (Å²) < 4.78 is 6.51. The molecule has 1 heterocycles. The first-order valence-electron chi connectivity index (χ1n) is 7.22. The number of fused-ring (bicyclic) bond motifs is 1. The molecule has 114 valence electrons. The Labute approximate surface area is 129 Å². The lowest BCUT2D eigenvalue weighted by molar-refractivity contribution is 0.0910. The van der Waals surface area contributed by atoms with E-state index in [4.69, 9.17) is 10.5 Å². The van der Waals surface area contributed by atoms with Crippen LogP contribution in [0.4, 0.5) is 5.69 Å². The summed E-state index contributed by atoms with van der Waals surface area (Å²) in [6.07, 6.45) is 1.04. The summed E-state index contributed by atoms with van der Waals surface area (Å²) in [5.74, 6) is 0.513. The molecule has 1 aromatic heterocycles. The van der Waals surface area contributed by atoms with Crippen LogP contribution in [0, 0.1) is 5.92 Å². The summed E-state index contributed by atoms with van der Waals surface area (Å²) in [7, 11) is 0. The highest BCUT2D eigenvalue weighted by Crippen LogP contribution is 2.33. The Morgan fingerprint density at radius 3 is 2.81 bits per heavy atom. The van der Waals surface area contributed by atoms with Gasteiger partial charge in [0.2, 0.25) is 0 Å². The molecule has 0 saturated carbocycles. The first kappa shape index (κ1) is 15.8. The summed E-state index contributed by atoms with van der Waals surface area (Å²) in [6, 6.07) is 7.79. The van der Waals surface area contributed by atoms with E-state index < -0.39 is 0 Å². The average Bonchev–Trinajstić information content (AvgIpc) is 2.80. The highest BCUT2D eigenvalue weighted by Gasteiger charge is 2.15. The molecular formula is C16H22N2O2S. The second-order valence-corrected chi connectivity index (χ2v) is 6.44. The van der Waals surface area contributed by atoms with Gasteiger partial charge in [-0.05, 0) is 18.4 Å². The van der Waals surface area contributed by atoms with Crippen molar-refractivity contribution in [1.82, 2.24) is 5.32 Å². The molecule has 1 amide bonds. The largest absolute Gasteiger partial charge is 0.397 e. The highest BCUT2D eigenvalue weighted by molar-refractivity contribution is 7.21. The number of hydrogen-bond donors (Lipinski definition) is 2. The topological polar surface area (TPSA) is 64.3 Å². The fourth-order valence-corrected chi connectivity index (χ4v) is 3.01. The van der Waals surface area contributed by atoms with Crippen LogP contribution in [-0.2, 0) is 4.74 Å². The number of ether oxygens (including phenoxy) is 1. The smallest absolute Gasteiger partial charge is 0.263 e. The second kappa shape index (κ2) is 7.43. The third-order valence-electron chi connectivity index (χ3n) is 3.21. The number of hydrogen-bond acceptors (Lipinski definition) is 4. The van der Waals surface area contributed by atoms with E-state index in [1.165, 1.54) is 11.3 Å². The summed E-state index contributed by atoms with van der Waals surface area (Å²) in [4.78, 5) is 12.7. The fourth-order valence-electron chi connectivity index (χ4n) is 1.97. The van der Waals surface area contributed by atoms with Gasteiger partial charge in [0, 0.05) is 23.2 Å². The van der Waals surface area contributed by atoms with Crippen molar-refractivity contribution in [3.8, 4) is 0 Å². The average molecular weight is 306 g/mol. The van der Waals surface area contributed by atoms with E-state index in [0.29, 0.717) is 29.6 Å². The van der Waals surface area contributed by atoms with E-state index in [9.17, 15) is 4.79 Å². The highest BCUT2D eigenvalue weighted by atomic mass is 32.1. The molecule has 0 bridgehead atoms. The van der Waals surface area contributed by atoms with Crippen molar-refractivity contribution in [3.63, 3.8) is 0 Å². The number of nitrogens with two attached hydrogens (primary N) is 1. The Hall–Kier alpha value is -1.59. The first-order chi connectivity index (χ1) is 10.1. The zero-order valence-electron chi connectivity index (χ0n) is 12.5. The predicted octanol–water partition coefficient (Wildman–Crippen LogP) is 3.28. The quantitative estimate of drug-likeness (QED) is 0.772. The van der Waals surface area contributed by atoms with Crippen LogP contribution < -0.4 is 11.1 Å². The molecule has 0 unspecified atom stereocenters. The van der Waals surface area contributed by atoms with Gasteiger partial charge in [0.05, 0.1) is 12.3 Å².